The first kappa shape index (κ1) is 4.79. The van der Waals surface area contributed by atoms with Crippen LogP contribution in [0.4, 0.5) is 0 Å². The van der Waals surface area contributed by atoms with E-state index in [0.717, 1.165) is 6.29 Å². The van der Waals surface area contributed by atoms with E-state index in [9.17, 15) is 0 Å². The third-order valence-corrected chi connectivity index (χ3v) is 1.12. The van der Waals surface area contributed by atoms with Crippen LogP contribution in [0.5, 0.6) is 0 Å². The molecule has 0 fully saturated rings. The zero-order valence-corrected chi connectivity index (χ0v) is 5.07. The van der Waals surface area contributed by atoms with E-state index in [-0.39, 0.29) is 0 Å². The van der Waals surface area contributed by atoms with Crippen molar-refractivity contribution in [2.24, 2.45) is 0 Å². The number of rotatable bonds is 1. The Bertz CT molecular complexity index is 124. The van der Waals surface area contributed by atoms with Crippen molar-refractivity contribution in [3.8, 4) is 0 Å². The minimum Gasteiger partial charge on any atom is -0.269 e. The van der Waals surface area contributed by atoms with E-state index in [1.807, 2.05) is 16.9 Å². The highest BCUT2D eigenvalue weighted by atomic mass is 31.0. The highest BCUT2D eigenvalue weighted by Gasteiger charge is 1.77. The molecular weight excluding hydrogens is 107 g/mol. The molecule has 1 heterocycles. The molecule has 0 aromatic carbocycles. The molecular formula is C4H7N2P. The number of hydrogen-bond acceptors (Lipinski definition) is 1. The summed E-state index contributed by atoms with van der Waals surface area (Å²) in [5.74, 6) is 0. The van der Waals surface area contributed by atoms with Crippen LogP contribution < -0.4 is 0 Å². The Morgan fingerprint density at radius 3 is 2.86 bits per heavy atom. The van der Waals surface area contributed by atoms with Crippen molar-refractivity contribution in [2.45, 2.75) is 6.29 Å². The average molecular weight is 114 g/mol. The normalized spacial score (nSPS) is 9.29. The summed E-state index contributed by atoms with van der Waals surface area (Å²) in [5.41, 5.74) is 0. The number of nitrogens with zero attached hydrogens (tertiary/aromatic N) is 2. The van der Waals surface area contributed by atoms with Crippen molar-refractivity contribution in [3.63, 3.8) is 0 Å². The summed E-state index contributed by atoms with van der Waals surface area (Å²) in [6.07, 6.45) is 4.57. The molecule has 3 heteroatoms. The monoisotopic (exact) mass is 114 g/mol. The fourth-order valence-corrected chi connectivity index (χ4v) is 0.624. The van der Waals surface area contributed by atoms with Crippen LogP contribution in [-0.4, -0.2) is 9.78 Å². The molecule has 1 rings (SSSR count). The van der Waals surface area contributed by atoms with Gasteiger partial charge in [-0.05, 0) is 6.07 Å². The van der Waals surface area contributed by atoms with Gasteiger partial charge in [0.2, 0.25) is 0 Å². The van der Waals surface area contributed by atoms with Crippen LogP contribution >= 0.6 is 9.24 Å². The maximum Gasteiger partial charge on any atom is 0.0547 e. The van der Waals surface area contributed by atoms with E-state index in [1.165, 1.54) is 0 Å². The quantitative estimate of drug-likeness (QED) is 0.492. The van der Waals surface area contributed by atoms with Crippen molar-refractivity contribution < 1.29 is 0 Å². The highest BCUT2D eigenvalue weighted by molar-refractivity contribution is 7.15. The Labute approximate surface area is 44.7 Å². The third kappa shape index (κ3) is 1.00. The van der Waals surface area contributed by atoms with E-state index >= 15 is 0 Å². The van der Waals surface area contributed by atoms with Gasteiger partial charge in [0.15, 0.2) is 0 Å². The lowest BCUT2D eigenvalue weighted by Gasteiger charge is -1.87. The van der Waals surface area contributed by atoms with E-state index in [0.29, 0.717) is 0 Å². The molecule has 1 aromatic heterocycles. The molecule has 38 valence electrons. The van der Waals surface area contributed by atoms with Crippen molar-refractivity contribution in [2.75, 3.05) is 0 Å². The van der Waals surface area contributed by atoms with Gasteiger partial charge in [0.1, 0.15) is 0 Å². The Morgan fingerprint density at radius 2 is 2.57 bits per heavy atom. The lowest BCUT2D eigenvalue weighted by Crippen LogP contribution is -1.88. The molecule has 1 aromatic rings. The zero-order chi connectivity index (χ0) is 5.11. The van der Waals surface area contributed by atoms with Gasteiger partial charge in [-0.2, -0.15) is 5.10 Å². The molecule has 0 aliphatic rings. The maximum atomic E-state index is 3.93. The van der Waals surface area contributed by atoms with Gasteiger partial charge < -0.3 is 0 Å². The Morgan fingerprint density at radius 1 is 1.71 bits per heavy atom. The summed E-state index contributed by atoms with van der Waals surface area (Å²) in [7, 11) is 2.58. The smallest absolute Gasteiger partial charge is 0.0547 e. The molecule has 0 N–H and O–H groups in total. The summed E-state index contributed by atoms with van der Waals surface area (Å²) in [6.45, 7) is 0. The molecule has 0 radical (unpaired) electrons. The van der Waals surface area contributed by atoms with Gasteiger partial charge in [0.25, 0.3) is 0 Å². The molecule has 1 atom stereocenters. The fourth-order valence-electron chi connectivity index (χ4n) is 0.408. The van der Waals surface area contributed by atoms with Crippen LogP contribution in [0.2, 0.25) is 0 Å². The van der Waals surface area contributed by atoms with Gasteiger partial charge in [0, 0.05) is 12.4 Å². The minimum absolute atomic E-state index is 0.882. The molecule has 2 nitrogen and oxygen atoms in total. The van der Waals surface area contributed by atoms with Gasteiger partial charge in [-0.1, -0.05) is 0 Å². The Hall–Kier alpha value is -0.360. The van der Waals surface area contributed by atoms with Crippen molar-refractivity contribution in [1.29, 1.82) is 0 Å². The topological polar surface area (TPSA) is 17.8 Å². The summed E-state index contributed by atoms with van der Waals surface area (Å²) in [4.78, 5) is 0. The van der Waals surface area contributed by atoms with Gasteiger partial charge in [0.05, 0.1) is 6.29 Å². The lowest BCUT2D eigenvalue weighted by molar-refractivity contribution is 0.751. The molecule has 1 unspecified atom stereocenters. The Balaban J connectivity index is 2.76. The van der Waals surface area contributed by atoms with Crippen molar-refractivity contribution in [3.05, 3.63) is 18.5 Å². The van der Waals surface area contributed by atoms with Gasteiger partial charge in [-0.15, -0.1) is 9.24 Å². The Kier molecular flexibility index (Phi) is 1.42. The second kappa shape index (κ2) is 2.08. The molecule has 0 aliphatic heterocycles. The average Bonchev–Trinajstić information content (AvgIpc) is 2.14. The van der Waals surface area contributed by atoms with E-state index in [4.69, 9.17) is 0 Å². The predicted octanol–water partition coefficient (Wildman–Crippen LogP) is 0.716. The second-order valence-electron chi connectivity index (χ2n) is 1.23. The van der Waals surface area contributed by atoms with Crippen LogP contribution in [-0.2, 0) is 6.29 Å². The first-order chi connectivity index (χ1) is 3.43. The first-order valence-corrected chi connectivity index (χ1v) is 2.92. The van der Waals surface area contributed by atoms with Crippen LogP contribution in [0, 0.1) is 0 Å². The molecule has 0 saturated heterocycles. The zero-order valence-electron chi connectivity index (χ0n) is 3.91. The standard InChI is InChI=1S/C4H7N2P/c7-4-6-3-1-2-5-6/h1-3H,4,7H2. The van der Waals surface area contributed by atoms with Crippen molar-refractivity contribution >= 4 is 9.24 Å². The van der Waals surface area contributed by atoms with Gasteiger partial charge in [-0.3, -0.25) is 4.68 Å². The first-order valence-electron chi connectivity index (χ1n) is 2.11. The predicted molar refractivity (Wildman–Crippen MR) is 31.9 cm³/mol. The molecule has 7 heavy (non-hydrogen) atoms. The van der Waals surface area contributed by atoms with Crippen LogP contribution in [0.25, 0.3) is 0 Å². The summed E-state index contributed by atoms with van der Waals surface area (Å²) >= 11 is 0. The SMILES string of the molecule is PCn1cccn1. The molecule has 0 aliphatic carbocycles. The largest absolute Gasteiger partial charge is 0.269 e. The molecule has 0 saturated carbocycles. The van der Waals surface area contributed by atoms with Gasteiger partial charge >= 0.3 is 0 Å². The van der Waals surface area contributed by atoms with E-state index < -0.39 is 0 Å². The van der Waals surface area contributed by atoms with Crippen LogP contribution in [0.15, 0.2) is 18.5 Å². The van der Waals surface area contributed by atoms with Crippen molar-refractivity contribution in [1.82, 2.24) is 9.78 Å². The summed E-state index contributed by atoms with van der Waals surface area (Å²) < 4.78 is 1.84. The minimum atomic E-state index is 0.882. The number of aromatic nitrogens is 2. The van der Waals surface area contributed by atoms with E-state index in [1.54, 1.807) is 6.20 Å². The summed E-state index contributed by atoms with van der Waals surface area (Å²) in [5, 5.41) is 3.93. The summed E-state index contributed by atoms with van der Waals surface area (Å²) in [6, 6.07) is 1.91. The number of hydrogen-bond donors (Lipinski definition) is 0. The lowest BCUT2D eigenvalue weighted by atomic mass is 10.8. The third-order valence-electron chi connectivity index (χ3n) is 0.746. The van der Waals surface area contributed by atoms with Crippen LogP contribution in [0.3, 0.4) is 0 Å². The molecule has 0 amide bonds. The van der Waals surface area contributed by atoms with Gasteiger partial charge in [-0.25, -0.2) is 0 Å². The maximum absolute atomic E-state index is 3.93. The van der Waals surface area contributed by atoms with Crippen LogP contribution in [0.1, 0.15) is 0 Å². The second-order valence-corrected chi connectivity index (χ2v) is 1.59. The highest BCUT2D eigenvalue weighted by Crippen LogP contribution is 1.88. The molecule has 0 spiro atoms. The van der Waals surface area contributed by atoms with E-state index in [2.05, 4.69) is 14.3 Å². The fraction of sp³-hybridized carbons (Fsp3) is 0.250. The molecule has 0 bridgehead atoms.